The summed E-state index contributed by atoms with van der Waals surface area (Å²) in [7, 11) is 0. The van der Waals surface area contributed by atoms with Crippen molar-refractivity contribution >= 4 is 39.0 Å². The zero-order valence-corrected chi connectivity index (χ0v) is 23.8. The first kappa shape index (κ1) is 24.0. The highest BCUT2D eigenvalue weighted by Crippen LogP contribution is 2.44. The molecule has 0 radical (unpaired) electrons. The van der Waals surface area contributed by atoms with E-state index in [2.05, 4.69) is 128 Å². The quantitative estimate of drug-likeness (QED) is 0.218. The number of benzene rings is 4. The predicted octanol–water partition coefficient (Wildman–Crippen LogP) is 8.65. The molecule has 1 heteroatoms. The Hall–Kier alpha value is -4.62. The maximum atomic E-state index is 6.45. The Kier molecular flexibility index (Phi) is 5.26. The van der Waals surface area contributed by atoms with Gasteiger partial charge in [0.15, 0.2) is 0 Å². The molecule has 4 aliphatic rings. The van der Waals surface area contributed by atoms with Crippen molar-refractivity contribution in [2.24, 2.45) is 17.8 Å². The van der Waals surface area contributed by atoms with Crippen molar-refractivity contribution in [1.82, 2.24) is 0 Å². The molecular formula is C41H32O. The van der Waals surface area contributed by atoms with E-state index in [0.29, 0.717) is 17.8 Å². The van der Waals surface area contributed by atoms with Crippen LogP contribution in [0.5, 0.6) is 0 Å². The molecule has 1 heterocycles. The summed E-state index contributed by atoms with van der Waals surface area (Å²) in [5.74, 6) is 2.57. The molecule has 0 saturated carbocycles. The Morgan fingerprint density at radius 2 is 1.69 bits per heavy atom. The molecule has 1 aromatic heterocycles. The van der Waals surface area contributed by atoms with Crippen LogP contribution in [-0.4, -0.2) is 0 Å². The Balaban J connectivity index is 1.31. The fourth-order valence-electron chi connectivity index (χ4n) is 8.04. The summed E-state index contributed by atoms with van der Waals surface area (Å²) in [5.41, 5.74) is 10.7. The molecule has 202 valence electrons. The summed E-state index contributed by atoms with van der Waals surface area (Å²) in [5, 5.41) is 6.57. The summed E-state index contributed by atoms with van der Waals surface area (Å²) in [6.45, 7) is 2.33. The molecule has 1 nitrogen and oxygen atoms in total. The highest BCUT2D eigenvalue weighted by Gasteiger charge is 2.31. The lowest BCUT2D eigenvalue weighted by Gasteiger charge is -2.31. The Bertz CT molecular complexity index is 2190. The van der Waals surface area contributed by atoms with Crippen molar-refractivity contribution in [2.75, 3.05) is 0 Å². The number of hydrogen-bond donors (Lipinski definition) is 0. The Labute approximate surface area is 246 Å². The maximum Gasteiger partial charge on any atom is 0.135 e. The van der Waals surface area contributed by atoms with E-state index in [0.717, 1.165) is 24.2 Å². The fraction of sp³-hybridized carbons (Fsp3) is 0.171. The van der Waals surface area contributed by atoms with E-state index in [4.69, 9.17) is 4.42 Å². The molecule has 42 heavy (non-hydrogen) atoms. The predicted molar refractivity (Wildman–Crippen MR) is 174 cm³/mol. The lowest BCUT2D eigenvalue weighted by molar-refractivity contribution is 0.468. The highest BCUT2D eigenvalue weighted by atomic mass is 16.3. The van der Waals surface area contributed by atoms with E-state index in [1.54, 1.807) is 0 Å². The molecular weight excluding hydrogens is 508 g/mol. The van der Waals surface area contributed by atoms with Crippen LogP contribution in [0, 0.1) is 17.8 Å². The monoisotopic (exact) mass is 540 g/mol. The van der Waals surface area contributed by atoms with Gasteiger partial charge in [-0.05, 0) is 104 Å². The summed E-state index contributed by atoms with van der Waals surface area (Å²) in [6.07, 6.45) is 17.2. The van der Waals surface area contributed by atoms with Crippen LogP contribution in [-0.2, 0) is 6.42 Å². The number of fused-ring (bicyclic) bond motifs is 7. The maximum absolute atomic E-state index is 6.45. The molecule has 0 fully saturated rings. The molecule has 0 amide bonds. The normalized spacial score (nSPS) is 22.4. The van der Waals surface area contributed by atoms with Gasteiger partial charge in [0.1, 0.15) is 11.3 Å². The second-order valence-corrected chi connectivity index (χ2v) is 12.5. The van der Waals surface area contributed by atoms with Gasteiger partial charge in [-0.1, -0.05) is 110 Å². The molecule has 0 saturated heterocycles. The second kappa shape index (κ2) is 9.19. The van der Waals surface area contributed by atoms with E-state index < -0.39 is 0 Å². The van der Waals surface area contributed by atoms with E-state index in [-0.39, 0.29) is 0 Å². The van der Waals surface area contributed by atoms with Crippen LogP contribution in [0.3, 0.4) is 0 Å². The first-order valence-electron chi connectivity index (χ1n) is 15.4. The summed E-state index contributed by atoms with van der Waals surface area (Å²) in [6, 6.07) is 31.5. The first-order valence-corrected chi connectivity index (χ1v) is 15.4. The molecule has 4 aromatic carbocycles. The van der Waals surface area contributed by atoms with E-state index in [1.807, 2.05) is 0 Å². The van der Waals surface area contributed by atoms with Gasteiger partial charge in [-0.15, -0.1) is 0 Å². The van der Waals surface area contributed by atoms with Crippen molar-refractivity contribution in [3.63, 3.8) is 0 Å². The number of furan rings is 1. The average molecular weight is 541 g/mol. The molecule has 0 bridgehead atoms. The van der Waals surface area contributed by atoms with Gasteiger partial charge in [0.2, 0.25) is 0 Å². The standard InChI is InChI=1S/C41H32O/c1-25-17-18-27-24-39-37(23-29(27)21-25)36-22-28(19-20-38(36)42-39)40-32-12-4-6-14-34(32)41(35-15-7-5-13-33(35)40)31-16-8-10-26-9-2-3-11-30(26)31/h2-14,16-20,22,24-25,29,35H,15,21,23H2,1H3. The minimum absolute atomic E-state index is 0.306. The fourth-order valence-corrected chi connectivity index (χ4v) is 8.04. The van der Waals surface area contributed by atoms with Gasteiger partial charge in [-0.3, -0.25) is 0 Å². The summed E-state index contributed by atoms with van der Waals surface area (Å²) < 4.78 is 6.45. The van der Waals surface area contributed by atoms with Gasteiger partial charge in [0.05, 0.1) is 0 Å². The molecule has 5 aromatic rings. The molecule has 3 unspecified atom stereocenters. The molecule has 0 aliphatic heterocycles. The van der Waals surface area contributed by atoms with Gasteiger partial charge in [0.25, 0.3) is 0 Å². The van der Waals surface area contributed by atoms with Crippen molar-refractivity contribution < 1.29 is 4.42 Å². The van der Waals surface area contributed by atoms with Crippen molar-refractivity contribution in [2.45, 2.75) is 26.2 Å². The number of rotatable bonds is 2. The van der Waals surface area contributed by atoms with Gasteiger partial charge in [0, 0.05) is 16.9 Å². The van der Waals surface area contributed by atoms with Crippen LogP contribution >= 0.6 is 0 Å². The molecule has 4 aliphatic carbocycles. The zero-order valence-electron chi connectivity index (χ0n) is 23.8. The third-order valence-corrected chi connectivity index (χ3v) is 9.97. The summed E-state index contributed by atoms with van der Waals surface area (Å²) in [4.78, 5) is 0. The lowest BCUT2D eigenvalue weighted by Crippen LogP contribution is -2.37. The van der Waals surface area contributed by atoms with E-state index >= 15 is 0 Å². The average Bonchev–Trinajstić information content (AvgIpc) is 3.39. The molecule has 9 rings (SSSR count). The van der Waals surface area contributed by atoms with Crippen LogP contribution < -0.4 is 10.4 Å². The third-order valence-electron chi connectivity index (χ3n) is 9.97. The van der Waals surface area contributed by atoms with Gasteiger partial charge >= 0.3 is 0 Å². The zero-order chi connectivity index (χ0) is 27.8. The van der Waals surface area contributed by atoms with Gasteiger partial charge in [-0.25, -0.2) is 0 Å². The van der Waals surface area contributed by atoms with Crippen LogP contribution in [0.25, 0.3) is 39.0 Å². The molecule has 0 spiro atoms. The summed E-state index contributed by atoms with van der Waals surface area (Å²) >= 11 is 0. The molecule has 3 atom stereocenters. The SMILES string of the molecule is CC1C=CC2=Cc3oc4ccc(C5=c6ccccc6=C(c6cccc7ccccc67)C6CC=CC=C56)cc4c3CC2C1. The highest BCUT2D eigenvalue weighted by molar-refractivity contribution is 5.99. The van der Waals surface area contributed by atoms with Gasteiger partial charge in [-0.2, -0.15) is 0 Å². The Morgan fingerprint density at radius 1 is 0.833 bits per heavy atom. The van der Waals surface area contributed by atoms with Crippen LogP contribution in [0.2, 0.25) is 0 Å². The topological polar surface area (TPSA) is 13.1 Å². The van der Waals surface area contributed by atoms with Crippen molar-refractivity contribution in [3.05, 3.63) is 159 Å². The van der Waals surface area contributed by atoms with E-state index in [1.165, 1.54) is 72.0 Å². The second-order valence-electron chi connectivity index (χ2n) is 12.5. The first-order chi connectivity index (χ1) is 20.7. The van der Waals surface area contributed by atoms with Crippen LogP contribution in [0.1, 0.15) is 42.2 Å². The van der Waals surface area contributed by atoms with Crippen molar-refractivity contribution in [1.29, 1.82) is 0 Å². The van der Waals surface area contributed by atoms with E-state index in [9.17, 15) is 0 Å². The van der Waals surface area contributed by atoms with Crippen LogP contribution in [0.15, 0.2) is 131 Å². The van der Waals surface area contributed by atoms with Crippen molar-refractivity contribution in [3.8, 4) is 0 Å². The number of hydrogen-bond acceptors (Lipinski definition) is 1. The van der Waals surface area contributed by atoms with Crippen LogP contribution in [0.4, 0.5) is 0 Å². The smallest absolute Gasteiger partial charge is 0.135 e. The Morgan fingerprint density at radius 3 is 2.64 bits per heavy atom. The third kappa shape index (κ3) is 3.56. The lowest BCUT2D eigenvalue weighted by atomic mass is 9.72. The molecule has 0 N–H and O–H groups in total. The van der Waals surface area contributed by atoms with Gasteiger partial charge < -0.3 is 4.42 Å². The minimum atomic E-state index is 0.306. The largest absolute Gasteiger partial charge is 0.456 e. The minimum Gasteiger partial charge on any atom is -0.456 e. The number of allylic oxidation sites excluding steroid dienone is 7.